The molecular weight excluding hydrogens is 303 g/mol. The van der Waals surface area contributed by atoms with E-state index in [1.807, 2.05) is 5.32 Å². The Morgan fingerprint density at radius 2 is 2.06 bits per heavy atom. The highest BCUT2D eigenvalue weighted by Gasteiger charge is 2.53. The molecule has 17 heavy (non-hydrogen) atoms. The number of nitrogens with two attached hydrogens (primary N) is 1. The SMILES string of the molecule is CC(N)(C(=O)Nc1ccc(Br)nc1)C(F)(F)F. The fraction of sp³-hybridized carbons (Fsp3) is 0.333. The second-order valence-electron chi connectivity index (χ2n) is 3.52. The van der Waals surface area contributed by atoms with Gasteiger partial charge in [-0.15, -0.1) is 0 Å². The first-order valence-corrected chi connectivity index (χ1v) is 5.22. The summed E-state index contributed by atoms with van der Waals surface area (Å²) in [6.45, 7) is 0.606. The lowest BCUT2D eigenvalue weighted by atomic mass is 10.0. The highest BCUT2D eigenvalue weighted by Crippen LogP contribution is 2.28. The van der Waals surface area contributed by atoms with Gasteiger partial charge in [0.2, 0.25) is 0 Å². The number of amides is 1. The van der Waals surface area contributed by atoms with Gasteiger partial charge in [0.15, 0.2) is 5.54 Å². The van der Waals surface area contributed by atoms with Crippen LogP contribution in [0.3, 0.4) is 0 Å². The number of carbonyl (C=O) groups is 1. The van der Waals surface area contributed by atoms with Gasteiger partial charge in [0.05, 0.1) is 11.9 Å². The largest absolute Gasteiger partial charge is 0.415 e. The van der Waals surface area contributed by atoms with Gasteiger partial charge in [-0.1, -0.05) is 0 Å². The van der Waals surface area contributed by atoms with E-state index in [4.69, 9.17) is 5.73 Å². The summed E-state index contributed by atoms with van der Waals surface area (Å²) < 4.78 is 37.8. The number of hydrogen-bond donors (Lipinski definition) is 2. The van der Waals surface area contributed by atoms with E-state index in [0.717, 1.165) is 0 Å². The van der Waals surface area contributed by atoms with Crippen molar-refractivity contribution in [1.82, 2.24) is 4.98 Å². The number of halogens is 4. The summed E-state index contributed by atoms with van der Waals surface area (Å²) >= 11 is 3.05. The smallest absolute Gasteiger partial charge is 0.323 e. The predicted octanol–water partition coefficient (Wildman–Crippen LogP) is 2.06. The molecule has 1 aromatic rings. The number of hydrogen-bond acceptors (Lipinski definition) is 3. The Labute approximate surface area is 104 Å². The summed E-state index contributed by atoms with van der Waals surface area (Å²) in [7, 11) is 0. The maximum absolute atomic E-state index is 12.4. The van der Waals surface area contributed by atoms with Crippen LogP contribution in [0.25, 0.3) is 0 Å². The highest BCUT2D eigenvalue weighted by molar-refractivity contribution is 9.10. The lowest BCUT2D eigenvalue weighted by molar-refractivity contribution is -0.184. The van der Waals surface area contributed by atoms with E-state index in [1.165, 1.54) is 18.3 Å². The molecule has 1 atom stereocenters. The lowest BCUT2D eigenvalue weighted by Gasteiger charge is -2.25. The number of anilines is 1. The quantitative estimate of drug-likeness (QED) is 0.822. The second kappa shape index (κ2) is 4.61. The number of rotatable bonds is 2. The van der Waals surface area contributed by atoms with E-state index in [9.17, 15) is 18.0 Å². The monoisotopic (exact) mass is 311 g/mol. The van der Waals surface area contributed by atoms with Crippen LogP contribution in [-0.2, 0) is 4.79 Å². The average Bonchev–Trinajstić information content (AvgIpc) is 2.19. The van der Waals surface area contributed by atoms with Crippen LogP contribution in [0.5, 0.6) is 0 Å². The molecule has 0 aromatic carbocycles. The van der Waals surface area contributed by atoms with E-state index < -0.39 is 17.6 Å². The summed E-state index contributed by atoms with van der Waals surface area (Å²) in [6.07, 6.45) is -3.60. The van der Waals surface area contributed by atoms with Crippen LogP contribution in [-0.4, -0.2) is 22.6 Å². The predicted molar refractivity (Wildman–Crippen MR) is 59.2 cm³/mol. The molecule has 0 aliphatic carbocycles. The Morgan fingerprint density at radius 3 is 2.47 bits per heavy atom. The van der Waals surface area contributed by atoms with Crippen LogP contribution >= 0.6 is 15.9 Å². The highest BCUT2D eigenvalue weighted by atomic mass is 79.9. The summed E-state index contributed by atoms with van der Waals surface area (Å²) in [4.78, 5) is 15.1. The minimum Gasteiger partial charge on any atom is -0.323 e. The fourth-order valence-electron chi connectivity index (χ4n) is 0.839. The van der Waals surface area contributed by atoms with Crippen molar-refractivity contribution >= 4 is 27.5 Å². The molecule has 1 unspecified atom stereocenters. The average molecular weight is 312 g/mol. The van der Waals surface area contributed by atoms with E-state index in [2.05, 4.69) is 20.9 Å². The maximum atomic E-state index is 12.4. The van der Waals surface area contributed by atoms with Crippen molar-refractivity contribution < 1.29 is 18.0 Å². The number of alkyl halides is 3. The molecule has 4 nitrogen and oxygen atoms in total. The molecule has 0 spiro atoms. The van der Waals surface area contributed by atoms with Gasteiger partial charge in [0.1, 0.15) is 4.60 Å². The molecule has 1 aromatic heterocycles. The maximum Gasteiger partial charge on any atom is 0.415 e. The number of nitrogens with one attached hydrogen (secondary N) is 1. The van der Waals surface area contributed by atoms with Gasteiger partial charge < -0.3 is 11.1 Å². The summed E-state index contributed by atoms with van der Waals surface area (Å²) in [5.74, 6) is -1.34. The topological polar surface area (TPSA) is 68.0 Å². The molecule has 0 aliphatic heterocycles. The second-order valence-corrected chi connectivity index (χ2v) is 4.34. The van der Waals surface area contributed by atoms with Gasteiger partial charge in [-0.25, -0.2) is 4.98 Å². The van der Waals surface area contributed by atoms with E-state index in [-0.39, 0.29) is 5.69 Å². The molecule has 1 heterocycles. The van der Waals surface area contributed by atoms with Crippen molar-refractivity contribution in [3.63, 3.8) is 0 Å². The zero-order chi connectivity index (χ0) is 13.3. The molecule has 0 bridgehead atoms. The van der Waals surface area contributed by atoms with Crippen LogP contribution in [0.2, 0.25) is 0 Å². The van der Waals surface area contributed by atoms with Gasteiger partial charge in [-0.3, -0.25) is 4.79 Å². The third kappa shape index (κ3) is 3.16. The van der Waals surface area contributed by atoms with E-state index in [0.29, 0.717) is 11.5 Å². The van der Waals surface area contributed by atoms with Gasteiger partial charge in [0, 0.05) is 0 Å². The van der Waals surface area contributed by atoms with Crippen molar-refractivity contribution in [2.24, 2.45) is 5.73 Å². The molecule has 1 rings (SSSR count). The zero-order valence-corrected chi connectivity index (χ0v) is 10.3. The molecule has 1 amide bonds. The Morgan fingerprint density at radius 1 is 1.47 bits per heavy atom. The molecule has 0 saturated carbocycles. The normalized spacial score (nSPS) is 15.2. The van der Waals surface area contributed by atoms with E-state index in [1.54, 1.807) is 0 Å². The van der Waals surface area contributed by atoms with Crippen LogP contribution in [0.15, 0.2) is 22.9 Å². The summed E-state index contributed by atoms with van der Waals surface area (Å²) in [6, 6.07) is 2.89. The Balaban J connectivity index is 2.83. The molecule has 8 heteroatoms. The molecular formula is C9H9BrF3N3O. The van der Waals surface area contributed by atoms with Gasteiger partial charge in [-0.05, 0) is 35.0 Å². The van der Waals surface area contributed by atoms with Crippen LogP contribution in [0.1, 0.15) is 6.92 Å². The molecule has 94 valence electrons. The zero-order valence-electron chi connectivity index (χ0n) is 8.68. The Hall–Kier alpha value is -1.15. The molecule has 0 aliphatic rings. The molecule has 0 radical (unpaired) electrons. The number of pyridine rings is 1. The van der Waals surface area contributed by atoms with Crippen LogP contribution < -0.4 is 11.1 Å². The third-order valence-electron chi connectivity index (χ3n) is 2.05. The number of aromatic nitrogens is 1. The minimum atomic E-state index is -4.82. The first-order chi connectivity index (χ1) is 7.64. The number of nitrogens with zero attached hydrogens (tertiary/aromatic N) is 1. The summed E-state index contributed by atoms with van der Waals surface area (Å²) in [5.41, 5.74) is 2.14. The van der Waals surface area contributed by atoms with Crippen molar-refractivity contribution in [2.45, 2.75) is 18.6 Å². The van der Waals surface area contributed by atoms with Crippen molar-refractivity contribution in [3.8, 4) is 0 Å². The van der Waals surface area contributed by atoms with Crippen LogP contribution in [0, 0.1) is 0 Å². The first-order valence-electron chi connectivity index (χ1n) is 4.43. The van der Waals surface area contributed by atoms with Gasteiger partial charge in [0.25, 0.3) is 5.91 Å². The summed E-state index contributed by atoms with van der Waals surface area (Å²) in [5, 5.41) is 2.05. The van der Waals surface area contributed by atoms with Crippen molar-refractivity contribution in [2.75, 3.05) is 5.32 Å². The standard InChI is InChI=1S/C9H9BrF3N3O/c1-8(14,9(11,12)13)7(17)16-5-2-3-6(10)15-4-5/h2-4H,14H2,1H3,(H,16,17). The van der Waals surface area contributed by atoms with Crippen LogP contribution in [0.4, 0.5) is 18.9 Å². The minimum absolute atomic E-state index is 0.138. The Kier molecular flexibility index (Phi) is 3.78. The van der Waals surface area contributed by atoms with Gasteiger partial charge >= 0.3 is 6.18 Å². The number of carbonyl (C=O) groups excluding carboxylic acids is 1. The molecule has 0 saturated heterocycles. The van der Waals surface area contributed by atoms with Crippen molar-refractivity contribution in [1.29, 1.82) is 0 Å². The first kappa shape index (κ1) is 13.9. The lowest BCUT2D eigenvalue weighted by Crippen LogP contribution is -2.59. The van der Waals surface area contributed by atoms with E-state index >= 15 is 0 Å². The van der Waals surface area contributed by atoms with Crippen molar-refractivity contribution in [3.05, 3.63) is 22.9 Å². The third-order valence-corrected chi connectivity index (χ3v) is 2.51. The molecule has 3 N–H and O–H groups in total. The van der Waals surface area contributed by atoms with Gasteiger partial charge in [-0.2, -0.15) is 13.2 Å². The Bertz CT molecular complexity index is 416. The fourth-order valence-corrected chi connectivity index (χ4v) is 1.07. The molecule has 0 fully saturated rings.